The lowest BCUT2D eigenvalue weighted by atomic mass is 10.1. The summed E-state index contributed by atoms with van der Waals surface area (Å²) >= 11 is 12.0. The summed E-state index contributed by atoms with van der Waals surface area (Å²) in [7, 11) is 1.41. The van der Waals surface area contributed by atoms with Gasteiger partial charge in [0.25, 0.3) is 11.6 Å². The van der Waals surface area contributed by atoms with Crippen molar-refractivity contribution in [3.05, 3.63) is 61.6 Å². The van der Waals surface area contributed by atoms with Gasteiger partial charge in [-0.2, -0.15) is 0 Å². The predicted molar refractivity (Wildman–Crippen MR) is 88.8 cm³/mol. The zero-order chi connectivity index (χ0) is 17.1. The number of nitrogens with zero attached hydrogens (tertiary/aromatic N) is 1. The highest BCUT2D eigenvalue weighted by Crippen LogP contribution is 2.34. The van der Waals surface area contributed by atoms with Gasteiger partial charge in [0, 0.05) is 22.9 Å². The van der Waals surface area contributed by atoms with Crippen LogP contribution in [0.1, 0.15) is 15.9 Å². The van der Waals surface area contributed by atoms with Gasteiger partial charge in [0.1, 0.15) is 0 Å². The number of carbonyl (C=O) groups is 1. The number of nitro benzene ring substituents is 1. The maximum Gasteiger partial charge on any atom is 0.274 e. The van der Waals surface area contributed by atoms with Crippen LogP contribution >= 0.6 is 23.2 Å². The molecule has 0 bridgehead atoms. The molecule has 1 amide bonds. The predicted octanol–water partition coefficient (Wildman–Crippen LogP) is 4.47. The van der Waals surface area contributed by atoms with Crippen molar-refractivity contribution in [2.75, 3.05) is 12.4 Å². The van der Waals surface area contributed by atoms with Gasteiger partial charge in [0.15, 0.2) is 5.75 Å². The Balaban J connectivity index is 2.29. The molecule has 0 aliphatic rings. The second-order valence-electron chi connectivity index (χ2n) is 4.69. The van der Waals surface area contributed by atoms with Crippen LogP contribution in [0.5, 0.6) is 5.75 Å². The number of halogens is 2. The maximum atomic E-state index is 12.2. The third kappa shape index (κ3) is 3.72. The highest BCUT2D eigenvalue weighted by molar-refractivity contribution is 6.37. The molecule has 8 heteroatoms. The van der Waals surface area contributed by atoms with Crippen LogP contribution in [0.2, 0.25) is 10.0 Å². The number of nitro groups is 1. The van der Waals surface area contributed by atoms with Crippen LogP contribution in [0.15, 0.2) is 30.3 Å². The normalized spacial score (nSPS) is 10.3. The van der Waals surface area contributed by atoms with E-state index >= 15 is 0 Å². The van der Waals surface area contributed by atoms with Crippen LogP contribution in [-0.4, -0.2) is 17.9 Å². The molecule has 0 fully saturated rings. The number of aryl methyl sites for hydroxylation is 1. The van der Waals surface area contributed by atoms with E-state index in [4.69, 9.17) is 27.9 Å². The van der Waals surface area contributed by atoms with E-state index in [2.05, 4.69) is 5.32 Å². The van der Waals surface area contributed by atoms with Crippen molar-refractivity contribution in [3.63, 3.8) is 0 Å². The summed E-state index contributed by atoms with van der Waals surface area (Å²) in [5, 5.41) is 13.9. The number of amides is 1. The number of nitrogens with one attached hydrogen (secondary N) is 1. The first-order chi connectivity index (χ1) is 10.8. The molecule has 23 heavy (non-hydrogen) atoms. The molecule has 0 saturated heterocycles. The molecule has 0 heterocycles. The molecular weight excluding hydrogens is 343 g/mol. The van der Waals surface area contributed by atoms with Gasteiger partial charge in [-0.15, -0.1) is 0 Å². The highest BCUT2D eigenvalue weighted by atomic mass is 35.5. The molecule has 2 aromatic rings. The van der Waals surface area contributed by atoms with E-state index in [0.29, 0.717) is 11.3 Å². The molecule has 120 valence electrons. The average Bonchev–Trinajstić information content (AvgIpc) is 2.48. The molecule has 1 N–H and O–H groups in total. The van der Waals surface area contributed by atoms with Crippen LogP contribution in [-0.2, 0) is 0 Å². The Morgan fingerprint density at radius 2 is 1.83 bits per heavy atom. The molecule has 2 aromatic carbocycles. The van der Waals surface area contributed by atoms with E-state index in [0.717, 1.165) is 0 Å². The van der Waals surface area contributed by atoms with Crippen molar-refractivity contribution in [1.29, 1.82) is 0 Å². The average molecular weight is 355 g/mol. The van der Waals surface area contributed by atoms with Gasteiger partial charge in [0.05, 0.1) is 22.1 Å². The Morgan fingerprint density at radius 3 is 2.35 bits per heavy atom. The summed E-state index contributed by atoms with van der Waals surface area (Å²) in [6.07, 6.45) is 0. The minimum Gasteiger partial charge on any atom is -0.494 e. The second-order valence-corrected chi connectivity index (χ2v) is 5.50. The Kier molecular flexibility index (Phi) is 5.08. The van der Waals surface area contributed by atoms with E-state index in [1.165, 1.54) is 25.3 Å². The summed E-state index contributed by atoms with van der Waals surface area (Å²) in [5.41, 5.74) is 0.941. The standard InChI is InChI=1S/C15H12Cl2N2O4/c1-8-3-4-10(7-13(8)19(21)22)18-15(20)9-5-11(16)14(23-2)12(17)6-9/h3-7H,1-2H3,(H,18,20). The van der Waals surface area contributed by atoms with Crippen molar-refractivity contribution in [3.8, 4) is 5.75 Å². The number of rotatable bonds is 4. The van der Waals surface area contributed by atoms with E-state index < -0.39 is 10.8 Å². The molecule has 0 saturated carbocycles. The third-order valence-corrected chi connectivity index (χ3v) is 3.69. The van der Waals surface area contributed by atoms with Gasteiger partial charge >= 0.3 is 0 Å². The quantitative estimate of drug-likeness (QED) is 0.648. The van der Waals surface area contributed by atoms with Crippen molar-refractivity contribution in [1.82, 2.24) is 0 Å². The Bertz CT molecular complexity index is 770. The van der Waals surface area contributed by atoms with Gasteiger partial charge in [-0.05, 0) is 25.1 Å². The van der Waals surface area contributed by atoms with Gasteiger partial charge in [0.2, 0.25) is 0 Å². The first-order valence-electron chi connectivity index (χ1n) is 6.43. The van der Waals surface area contributed by atoms with Crippen LogP contribution in [0.25, 0.3) is 0 Å². The van der Waals surface area contributed by atoms with E-state index in [-0.39, 0.29) is 27.0 Å². The summed E-state index contributed by atoms with van der Waals surface area (Å²) in [6.45, 7) is 1.62. The molecule has 0 aliphatic carbocycles. The molecule has 6 nitrogen and oxygen atoms in total. The minimum absolute atomic E-state index is 0.0754. The molecule has 0 aromatic heterocycles. The monoisotopic (exact) mass is 354 g/mol. The summed E-state index contributed by atoms with van der Waals surface area (Å²) in [6, 6.07) is 7.24. The fourth-order valence-corrected chi connectivity index (χ4v) is 2.61. The maximum absolute atomic E-state index is 12.2. The van der Waals surface area contributed by atoms with Crippen molar-refractivity contribution in [2.45, 2.75) is 6.92 Å². The lowest BCUT2D eigenvalue weighted by Crippen LogP contribution is -2.12. The third-order valence-electron chi connectivity index (χ3n) is 3.13. The molecular formula is C15H12Cl2N2O4. The molecule has 0 aliphatic heterocycles. The smallest absolute Gasteiger partial charge is 0.274 e. The second kappa shape index (κ2) is 6.85. The summed E-state index contributed by atoms with van der Waals surface area (Å²) in [5.74, 6) is -0.217. The lowest BCUT2D eigenvalue weighted by Gasteiger charge is -2.10. The number of hydrogen-bond acceptors (Lipinski definition) is 4. The summed E-state index contributed by atoms with van der Waals surface area (Å²) in [4.78, 5) is 22.7. The topological polar surface area (TPSA) is 81.5 Å². The van der Waals surface area contributed by atoms with Crippen LogP contribution in [0.4, 0.5) is 11.4 Å². The van der Waals surface area contributed by atoms with Crippen molar-refractivity contribution >= 4 is 40.5 Å². The Morgan fingerprint density at radius 1 is 1.22 bits per heavy atom. The molecule has 2 rings (SSSR count). The van der Waals surface area contributed by atoms with E-state index in [1.54, 1.807) is 19.1 Å². The highest BCUT2D eigenvalue weighted by Gasteiger charge is 2.16. The lowest BCUT2D eigenvalue weighted by molar-refractivity contribution is -0.385. The largest absolute Gasteiger partial charge is 0.494 e. The summed E-state index contributed by atoms with van der Waals surface area (Å²) < 4.78 is 5.01. The number of methoxy groups -OCH3 is 1. The van der Waals surface area contributed by atoms with Crippen LogP contribution in [0, 0.1) is 17.0 Å². The first-order valence-corrected chi connectivity index (χ1v) is 7.18. The number of ether oxygens (including phenoxy) is 1. The Labute approximate surface area is 142 Å². The molecule has 0 unspecified atom stereocenters. The fraction of sp³-hybridized carbons (Fsp3) is 0.133. The SMILES string of the molecule is COc1c(Cl)cc(C(=O)Nc2ccc(C)c([N+](=O)[O-])c2)cc1Cl. The number of anilines is 1. The van der Waals surface area contributed by atoms with Crippen LogP contribution < -0.4 is 10.1 Å². The van der Waals surface area contributed by atoms with Gasteiger partial charge in [-0.1, -0.05) is 29.3 Å². The number of carbonyl (C=O) groups excluding carboxylic acids is 1. The number of hydrogen-bond donors (Lipinski definition) is 1. The van der Waals surface area contributed by atoms with E-state index in [9.17, 15) is 14.9 Å². The van der Waals surface area contributed by atoms with Crippen molar-refractivity contribution in [2.24, 2.45) is 0 Å². The fourth-order valence-electron chi connectivity index (χ4n) is 1.97. The van der Waals surface area contributed by atoms with Crippen LogP contribution in [0.3, 0.4) is 0 Å². The van der Waals surface area contributed by atoms with Gasteiger partial charge in [-0.3, -0.25) is 14.9 Å². The minimum atomic E-state index is -0.508. The van der Waals surface area contributed by atoms with Crippen molar-refractivity contribution < 1.29 is 14.5 Å². The molecule has 0 radical (unpaired) electrons. The van der Waals surface area contributed by atoms with Gasteiger partial charge < -0.3 is 10.1 Å². The zero-order valence-corrected chi connectivity index (χ0v) is 13.7. The number of benzene rings is 2. The Hall–Kier alpha value is -2.31. The van der Waals surface area contributed by atoms with Gasteiger partial charge in [-0.25, -0.2) is 0 Å². The zero-order valence-electron chi connectivity index (χ0n) is 12.2. The molecule has 0 spiro atoms. The molecule has 0 atom stereocenters. The first kappa shape index (κ1) is 17.1. The van der Waals surface area contributed by atoms with E-state index in [1.807, 2.05) is 0 Å².